The molecule has 0 radical (unpaired) electrons. The maximum Gasteiger partial charge on any atom is 0.326 e. The van der Waals surface area contributed by atoms with Gasteiger partial charge in [-0.2, -0.15) is 0 Å². The van der Waals surface area contributed by atoms with Crippen molar-refractivity contribution < 1.29 is 19.8 Å². The molecule has 2 atom stereocenters. The number of benzene rings is 1. The number of aliphatic carboxylic acids is 1. The van der Waals surface area contributed by atoms with Gasteiger partial charge in [0.25, 0.3) is 0 Å². The Morgan fingerprint density at radius 2 is 2.00 bits per heavy atom. The van der Waals surface area contributed by atoms with Crippen molar-refractivity contribution in [2.75, 3.05) is 6.54 Å². The van der Waals surface area contributed by atoms with Crippen molar-refractivity contribution in [3.05, 3.63) is 27.3 Å². The Morgan fingerprint density at radius 3 is 2.56 bits per heavy atom. The summed E-state index contributed by atoms with van der Waals surface area (Å²) in [5.74, 6) is -1.63. The van der Waals surface area contributed by atoms with Gasteiger partial charge in [0, 0.05) is 13.0 Å². The van der Waals surface area contributed by atoms with Gasteiger partial charge in [-0.15, -0.1) is 0 Å². The molecule has 1 aromatic carbocycles. The summed E-state index contributed by atoms with van der Waals surface area (Å²) in [6.07, 6.45) is 0.907. The molecule has 0 aliphatic rings. The second kappa shape index (κ2) is 10.0. The molecule has 1 rings (SSSR count). The van der Waals surface area contributed by atoms with Crippen LogP contribution in [0, 0.1) is 3.57 Å². The summed E-state index contributed by atoms with van der Waals surface area (Å²) in [6.45, 7) is 0.345. The Balaban J connectivity index is 2.61. The van der Waals surface area contributed by atoms with Crippen LogP contribution in [0.4, 0.5) is 0 Å². The number of aliphatic imine (C=N–C) groups is 1. The molecular formula is C15H22IN5O4. The maximum atomic E-state index is 12.1. The van der Waals surface area contributed by atoms with E-state index in [-0.39, 0.29) is 18.1 Å². The third kappa shape index (κ3) is 7.56. The lowest BCUT2D eigenvalue weighted by Crippen LogP contribution is -2.49. The number of hydrogen-bond donors (Lipinski definition) is 6. The Labute approximate surface area is 158 Å². The van der Waals surface area contributed by atoms with Crippen molar-refractivity contribution in [3.8, 4) is 5.75 Å². The van der Waals surface area contributed by atoms with Crippen LogP contribution in [-0.4, -0.2) is 46.7 Å². The van der Waals surface area contributed by atoms with E-state index < -0.39 is 24.0 Å². The van der Waals surface area contributed by atoms with E-state index in [1.165, 1.54) is 6.07 Å². The predicted molar refractivity (Wildman–Crippen MR) is 102 cm³/mol. The molecule has 0 heterocycles. The molecule has 0 aliphatic carbocycles. The van der Waals surface area contributed by atoms with Crippen LogP contribution in [0.1, 0.15) is 18.4 Å². The van der Waals surface area contributed by atoms with Crippen molar-refractivity contribution in [1.82, 2.24) is 5.32 Å². The fourth-order valence-corrected chi connectivity index (χ4v) is 2.62. The van der Waals surface area contributed by atoms with E-state index in [0.29, 0.717) is 28.5 Å². The monoisotopic (exact) mass is 463 g/mol. The molecule has 0 aliphatic heterocycles. The standard InChI is InChI=1S/C15H22IN5O4/c16-9-6-8(3-4-12(9)22)7-11(14(24)25)21-13(23)10(17)2-1-5-20-15(18)19/h3-4,6,10-11,22H,1-2,5,7,17H2,(H,21,23)(H,24,25)(H4,18,19,20). The Kier molecular flexibility index (Phi) is 8.41. The van der Waals surface area contributed by atoms with Crippen LogP contribution in [0.15, 0.2) is 23.2 Å². The van der Waals surface area contributed by atoms with E-state index in [9.17, 15) is 19.8 Å². The minimum Gasteiger partial charge on any atom is -0.507 e. The summed E-state index contributed by atoms with van der Waals surface area (Å²) in [5.41, 5.74) is 16.8. The fraction of sp³-hybridized carbons (Fsp3) is 0.400. The van der Waals surface area contributed by atoms with Crippen LogP contribution in [-0.2, 0) is 16.0 Å². The van der Waals surface area contributed by atoms with Crippen LogP contribution in [0.25, 0.3) is 0 Å². The highest BCUT2D eigenvalue weighted by Crippen LogP contribution is 2.21. The number of carbonyl (C=O) groups is 2. The number of amides is 1. The van der Waals surface area contributed by atoms with Gasteiger partial charge in [-0.1, -0.05) is 6.07 Å². The number of aromatic hydroxyl groups is 1. The number of nitrogens with one attached hydrogen (secondary N) is 1. The first kappa shape index (κ1) is 21.0. The normalized spacial score (nSPS) is 12.9. The van der Waals surface area contributed by atoms with Gasteiger partial charge >= 0.3 is 5.97 Å². The molecule has 10 heteroatoms. The van der Waals surface area contributed by atoms with Crippen molar-refractivity contribution in [1.29, 1.82) is 0 Å². The summed E-state index contributed by atoms with van der Waals surface area (Å²) in [4.78, 5) is 27.3. The molecule has 1 amide bonds. The average Bonchev–Trinajstić information content (AvgIpc) is 2.53. The molecule has 138 valence electrons. The van der Waals surface area contributed by atoms with Crippen LogP contribution >= 0.6 is 22.6 Å². The second-order valence-corrected chi connectivity index (χ2v) is 6.61. The van der Waals surface area contributed by atoms with E-state index >= 15 is 0 Å². The molecule has 0 bridgehead atoms. The highest BCUT2D eigenvalue weighted by molar-refractivity contribution is 14.1. The molecule has 1 aromatic rings. The Bertz CT molecular complexity index is 649. The lowest BCUT2D eigenvalue weighted by molar-refractivity contribution is -0.142. The summed E-state index contributed by atoms with van der Waals surface area (Å²) >= 11 is 1.94. The smallest absolute Gasteiger partial charge is 0.326 e. The molecule has 9 N–H and O–H groups in total. The van der Waals surface area contributed by atoms with Gasteiger partial charge in [0.2, 0.25) is 5.91 Å². The maximum absolute atomic E-state index is 12.1. The minimum atomic E-state index is -1.16. The predicted octanol–water partition coefficient (Wildman–Crippen LogP) is -0.510. The highest BCUT2D eigenvalue weighted by Gasteiger charge is 2.23. The zero-order valence-electron chi connectivity index (χ0n) is 13.5. The van der Waals surface area contributed by atoms with Gasteiger partial charge < -0.3 is 32.7 Å². The van der Waals surface area contributed by atoms with Gasteiger partial charge in [-0.3, -0.25) is 9.79 Å². The summed E-state index contributed by atoms with van der Waals surface area (Å²) in [7, 11) is 0. The van der Waals surface area contributed by atoms with Crippen molar-refractivity contribution in [3.63, 3.8) is 0 Å². The lowest BCUT2D eigenvalue weighted by Gasteiger charge is -2.18. The average molecular weight is 463 g/mol. The number of nitrogens with two attached hydrogens (primary N) is 3. The van der Waals surface area contributed by atoms with Gasteiger partial charge in [0.05, 0.1) is 9.61 Å². The van der Waals surface area contributed by atoms with Crippen LogP contribution in [0.2, 0.25) is 0 Å². The number of carboxylic acid groups (broad SMARTS) is 1. The number of carboxylic acids is 1. The molecule has 0 saturated heterocycles. The van der Waals surface area contributed by atoms with Crippen molar-refractivity contribution in [2.45, 2.75) is 31.3 Å². The minimum absolute atomic E-state index is 0.0347. The van der Waals surface area contributed by atoms with E-state index in [2.05, 4.69) is 10.3 Å². The molecular weight excluding hydrogens is 441 g/mol. The number of guanidine groups is 1. The largest absolute Gasteiger partial charge is 0.507 e. The number of rotatable bonds is 9. The zero-order valence-corrected chi connectivity index (χ0v) is 15.6. The third-order valence-electron chi connectivity index (χ3n) is 3.37. The van der Waals surface area contributed by atoms with Crippen LogP contribution in [0.3, 0.4) is 0 Å². The lowest BCUT2D eigenvalue weighted by atomic mass is 10.0. The Hall–Kier alpha value is -2.08. The van der Waals surface area contributed by atoms with E-state index in [0.717, 1.165) is 0 Å². The van der Waals surface area contributed by atoms with Gasteiger partial charge in [-0.25, -0.2) is 4.79 Å². The first-order valence-corrected chi connectivity index (χ1v) is 8.60. The van der Waals surface area contributed by atoms with Crippen molar-refractivity contribution >= 4 is 40.4 Å². The number of hydrogen-bond acceptors (Lipinski definition) is 5. The summed E-state index contributed by atoms with van der Waals surface area (Å²) in [6, 6.07) is 2.78. The Morgan fingerprint density at radius 1 is 1.32 bits per heavy atom. The van der Waals surface area contributed by atoms with Gasteiger partial charge in [0.15, 0.2) is 5.96 Å². The van der Waals surface area contributed by atoms with E-state index in [4.69, 9.17) is 17.2 Å². The highest BCUT2D eigenvalue weighted by atomic mass is 127. The number of phenolic OH excluding ortho intramolecular Hbond substituents is 1. The molecule has 0 aromatic heterocycles. The fourth-order valence-electron chi connectivity index (χ4n) is 2.04. The van der Waals surface area contributed by atoms with Crippen LogP contribution < -0.4 is 22.5 Å². The first-order chi connectivity index (χ1) is 11.7. The third-order valence-corrected chi connectivity index (χ3v) is 4.23. The zero-order chi connectivity index (χ0) is 19.0. The quantitative estimate of drug-likeness (QED) is 0.124. The van der Waals surface area contributed by atoms with Gasteiger partial charge in [0.1, 0.15) is 11.8 Å². The van der Waals surface area contributed by atoms with Crippen LogP contribution in [0.5, 0.6) is 5.75 Å². The van der Waals surface area contributed by atoms with E-state index in [1.54, 1.807) is 12.1 Å². The SMILES string of the molecule is NC(N)=NCCCC(N)C(=O)NC(Cc1ccc(O)c(I)c1)C(=O)O. The van der Waals surface area contributed by atoms with E-state index in [1.807, 2.05) is 22.6 Å². The number of phenols is 1. The topological polar surface area (TPSA) is 177 Å². The van der Waals surface area contributed by atoms with Gasteiger partial charge in [-0.05, 0) is 53.1 Å². The molecule has 9 nitrogen and oxygen atoms in total. The second-order valence-electron chi connectivity index (χ2n) is 5.44. The molecule has 25 heavy (non-hydrogen) atoms. The molecule has 0 saturated carbocycles. The number of halogens is 1. The molecule has 0 fully saturated rings. The summed E-state index contributed by atoms with van der Waals surface area (Å²) < 4.78 is 0.599. The number of carbonyl (C=O) groups excluding carboxylic acids is 1. The molecule has 2 unspecified atom stereocenters. The molecule has 0 spiro atoms. The first-order valence-electron chi connectivity index (χ1n) is 7.52. The van der Waals surface area contributed by atoms with Crippen molar-refractivity contribution in [2.24, 2.45) is 22.2 Å². The summed E-state index contributed by atoms with van der Waals surface area (Å²) in [5, 5.41) is 21.3. The number of nitrogens with zero attached hydrogens (tertiary/aromatic N) is 1.